The van der Waals surface area contributed by atoms with Gasteiger partial charge in [-0.15, -0.1) is 0 Å². The molecule has 1 aromatic heterocycles. The zero-order valence-corrected chi connectivity index (χ0v) is 18.6. The molecule has 15 heteroatoms. The van der Waals surface area contributed by atoms with E-state index in [9.17, 15) is 40.4 Å². The smallest absolute Gasteiger partial charge is 0.292 e. The Morgan fingerprint density at radius 3 is 2.25 bits per heavy atom. The summed E-state index contributed by atoms with van der Waals surface area (Å²) in [5.74, 6) is -3.61. The van der Waals surface area contributed by atoms with Crippen LogP contribution in [-0.2, 0) is 28.2 Å². The van der Waals surface area contributed by atoms with Crippen LogP contribution in [0.5, 0.6) is 0 Å². The first-order chi connectivity index (χ1) is 14.5. The number of carbonyl (C=O) groups excluding carboxylic acids is 1. The van der Waals surface area contributed by atoms with Crippen LogP contribution >= 0.6 is 11.6 Å². The first-order valence-corrected chi connectivity index (χ1v) is 10.4. The largest absolute Gasteiger partial charge is 0.431 e. The Bertz CT molecular complexity index is 1300. The minimum atomic E-state index is -5.01. The maximum atomic E-state index is 14.6. The second kappa shape index (κ2) is 8.67. The Kier molecular flexibility index (Phi) is 6.92. The molecule has 0 bridgehead atoms. The van der Waals surface area contributed by atoms with Gasteiger partial charge in [-0.25, -0.2) is 18.5 Å². The van der Waals surface area contributed by atoms with Gasteiger partial charge in [0.25, 0.3) is 5.56 Å². The first-order valence-electron chi connectivity index (χ1n) is 8.62. The fourth-order valence-electron chi connectivity index (χ4n) is 2.62. The maximum absolute atomic E-state index is 14.6. The maximum Gasteiger partial charge on any atom is 0.431 e. The summed E-state index contributed by atoms with van der Waals surface area (Å²) in [7, 11) is -1.10. The van der Waals surface area contributed by atoms with E-state index in [1.54, 1.807) is 4.72 Å². The van der Waals surface area contributed by atoms with Crippen LogP contribution in [0.25, 0.3) is 5.69 Å². The summed E-state index contributed by atoms with van der Waals surface area (Å²) >= 11 is 5.96. The molecule has 2 rings (SSSR count). The summed E-state index contributed by atoms with van der Waals surface area (Å²) in [5.41, 5.74) is -5.45. The SMILES string of the molecule is CC(C(=O)NS(=O)(=O)N(C)C)c1cc(-n2c(=O)cc(C(F)(F)F)n(C)c2=O)c(F)cc1Cl. The van der Waals surface area contributed by atoms with Crippen molar-refractivity contribution in [3.05, 3.63) is 61.1 Å². The molecule has 1 N–H and O–H groups in total. The molecular weight excluding hydrogens is 484 g/mol. The summed E-state index contributed by atoms with van der Waals surface area (Å²) in [6, 6.07) is 1.59. The van der Waals surface area contributed by atoms with Crippen LogP contribution in [0.15, 0.2) is 27.8 Å². The van der Waals surface area contributed by atoms with Crippen LogP contribution in [0.4, 0.5) is 17.6 Å². The average Bonchev–Trinajstić information content (AvgIpc) is 2.64. The lowest BCUT2D eigenvalue weighted by Crippen LogP contribution is -2.42. The van der Waals surface area contributed by atoms with Gasteiger partial charge in [0.1, 0.15) is 11.5 Å². The summed E-state index contributed by atoms with van der Waals surface area (Å²) < 4.78 is 80.1. The molecule has 1 heterocycles. The fraction of sp³-hybridized carbons (Fsp3) is 0.353. The quantitative estimate of drug-likeness (QED) is 0.624. The van der Waals surface area contributed by atoms with Crippen molar-refractivity contribution in [3.63, 3.8) is 0 Å². The van der Waals surface area contributed by atoms with Crippen LogP contribution in [0.1, 0.15) is 24.1 Å². The monoisotopic (exact) mass is 500 g/mol. The molecule has 0 radical (unpaired) electrons. The molecule has 176 valence electrons. The molecule has 1 aromatic carbocycles. The molecule has 0 saturated heterocycles. The second-order valence-corrected chi connectivity index (χ2v) is 9.13. The minimum Gasteiger partial charge on any atom is -0.292 e. The highest BCUT2D eigenvalue weighted by atomic mass is 35.5. The Labute approximate surface area is 184 Å². The Balaban J connectivity index is 2.67. The molecule has 32 heavy (non-hydrogen) atoms. The van der Waals surface area contributed by atoms with Gasteiger partial charge < -0.3 is 0 Å². The van der Waals surface area contributed by atoms with Gasteiger partial charge in [-0.05, 0) is 24.6 Å². The number of rotatable bonds is 5. The highest BCUT2D eigenvalue weighted by molar-refractivity contribution is 7.87. The van der Waals surface area contributed by atoms with Crippen molar-refractivity contribution in [1.29, 1.82) is 0 Å². The topological polar surface area (TPSA) is 110 Å². The van der Waals surface area contributed by atoms with Gasteiger partial charge in [0.2, 0.25) is 5.91 Å². The number of amides is 1. The predicted octanol–water partition coefficient (Wildman–Crippen LogP) is 1.37. The molecule has 0 spiro atoms. The number of benzene rings is 1. The molecule has 0 saturated carbocycles. The van der Waals surface area contributed by atoms with Crippen LogP contribution in [-0.4, -0.2) is 41.9 Å². The normalized spacial score (nSPS) is 13.3. The number of nitrogens with one attached hydrogen (secondary N) is 1. The lowest BCUT2D eigenvalue weighted by atomic mass is 9.99. The lowest BCUT2D eigenvalue weighted by molar-refractivity contribution is -0.144. The van der Waals surface area contributed by atoms with E-state index in [0.717, 1.165) is 31.5 Å². The summed E-state index contributed by atoms with van der Waals surface area (Å²) in [5, 5.41) is -0.340. The van der Waals surface area contributed by atoms with Gasteiger partial charge in [0.15, 0.2) is 0 Å². The van der Waals surface area contributed by atoms with E-state index >= 15 is 0 Å². The van der Waals surface area contributed by atoms with Crippen molar-refractivity contribution in [2.75, 3.05) is 14.1 Å². The van der Waals surface area contributed by atoms with Crippen molar-refractivity contribution >= 4 is 27.7 Å². The van der Waals surface area contributed by atoms with Gasteiger partial charge >= 0.3 is 22.1 Å². The average molecular weight is 501 g/mol. The Hall–Kier alpha value is -2.71. The van der Waals surface area contributed by atoms with Crippen molar-refractivity contribution in [3.8, 4) is 5.69 Å². The van der Waals surface area contributed by atoms with E-state index in [1.807, 2.05) is 0 Å². The highest BCUT2D eigenvalue weighted by Crippen LogP contribution is 2.30. The van der Waals surface area contributed by atoms with Gasteiger partial charge in [0.05, 0.1) is 11.6 Å². The van der Waals surface area contributed by atoms with E-state index in [2.05, 4.69) is 0 Å². The molecule has 1 amide bonds. The van der Waals surface area contributed by atoms with Crippen molar-refractivity contribution < 1.29 is 30.8 Å². The van der Waals surface area contributed by atoms with E-state index in [4.69, 9.17) is 11.6 Å². The van der Waals surface area contributed by atoms with Crippen molar-refractivity contribution in [1.82, 2.24) is 18.2 Å². The van der Waals surface area contributed by atoms with Crippen LogP contribution in [0.2, 0.25) is 5.02 Å². The minimum absolute atomic E-state index is 0.120. The second-order valence-electron chi connectivity index (χ2n) is 6.84. The number of hydrogen-bond acceptors (Lipinski definition) is 5. The molecule has 0 aliphatic heterocycles. The van der Waals surface area contributed by atoms with E-state index in [-0.39, 0.29) is 25.8 Å². The summed E-state index contributed by atoms with van der Waals surface area (Å²) in [6.07, 6.45) is -5.01. The molecule has 0 aliphatic carbocycles. The fourth-order valence-corrected chi connectivity index (χ4v) is 3.55. The standard InChI is InChI=1S/C17H17ClF4N4O5S/c1-8(15(28)23-32(30,31)24(2)3)9-5-12(11(19)6-10(9)18)26-14(27)7-13(17(20,21)22)25(4)16(26)29/h5-8H,1-4H3,(H,23,28). The Morgan fingerprint density at radius 2 is 1.75 bits per heavy atom. The number of hydrogen-bond donors (Lipinski definition) is 1. The van der Waals surface area contributed by atoms with Gasteiger partial charge in [-0.1, -0.05) is 11.6 Å². The first kappa shape index (κ1) is 25.5. The Morgan fingerprint density at radius 1 is 1.19 bits per heavy atom. The number of halogens is 5. The molecule has 0 aliphatic rings. The summed E-state index contributed by atoms with van der Waals surface area (Å²) in [4.78, 5) is 37.1. The van der Waals surface area contributed by atoms with Crippen LogP contribution in [0, 0.1) is 5.82 Å². The van der Waals surface area contributed by atoms with Gasteiger partial charge in [-0.2, -0.15) is 25.9 Å². The number of nitrogens with zero attached hydrogens (tertiary/aromatic N) is 3. The number of alkyl halides is 3. The van der Waals surface area contributed by atoms with Crippen LogP contribution < -0.4 is 16.0 Å². The van der Waals surface area contributed by atoms with Crippen molar-refractivity contribution in [2.45, 2.75) is 19.0 Å². The molecule has 0 fully saturated rings. The molecule has 9 nitrogen and oxygen atoms in total. The molecular formula is C17H17ClF4N4O5S. The third kappa shape index (κ3) is 4.86. The lowest BCUT2D eigenvalue weighted by Gasteiger charge is -2.19. The van der Waals surface area contributed by atoms with E-state index < -0.39 is 56.7 Å². The molecule has 1 atom stereocenters. The number of aromatic nitrogens is 2. The summed E-state index contributed by atoms with van der Waals surface area (Å²) in [6.45, 7) is 1.22. The predicted molar refractivity (Wildman–Crippen MR) is 106 cm³/mol. The van der Waals surface area contributed by atoms with Gasteiger partial charge in [-0.3, -0.25) is 14.2 Å². The van der Waals surface area contributed by atoms with E-state index in [1.165, 1.54) is 6.92 Å². The molecule has 2 aromatic rings. The van der Waals surface area contributed by atoms with Crippen molar-refractivity contribution in [2.24, 2.45) is 7.05 Å². The third-order valence-corrected chi connectivity index (χ3v) is 6.24. The number of carbonyl (C=O) groups is 1. The zero-order chi connectivity index (χ0) is 24.8. The molecule has 1 unspecified atom stereocenters. The van der Waals surface area contributed by atoms with E-state index in [0.29, 0.717) is 6.07 Å². The zero-order valence-electron chi connectivity index (χ0n) is 17.0. The third-order valence-electron chi connectivity index (χ3n) is 4.49. The van der Waals surface area contributed by atoms with Crippen LogP contribution in [0.3, 0.4) is 0 Å². The van der Waals surface area contributed by atoms with Gasteiger partial charge in [0, 0.05) is 32.2 Å². The highest BCUT2D eigenvalue weighted by Gasteiger charge is 2.35.